The number of halogens is 5. The maximum Gasteiger partial charge on any atom is 0.416 e. The molecule has 1 heterocycles. The summed E-state index contributed by atoms with van der Waals surface area (Å²) in [5.74, 6) is -1.64. The van der Waals surface area contributed by atoms with Crippen LogP contribution in [-0.4, -0.2) is 36.5 Å². The number of rotatable bonds is 1. The molecule has 21 heavy (non-hydrogen) atoms. The van der Waals surface area contributed by atoms with Gasteiger partial charge in [0.1, 0.15) is 5.82 Å². The van der Waals surface area contributed by atoms with E-state index in [1.54, 1.807) is 0 Å². The molecule has 1 fully saturated rings. The molecule has 8 heteroatoms. The van der Waals surface area contributed by atoms with Gasteiger partial charge in [0.15, 0.2) is 0 Å². The van der Waals surface area contributed by atoms with Gasteiger partial charge in [-0.25, -0.2) is 4.39 Å². The summed E-state index contributed by atoms with van der Waals surface area (Å²) >= 11 is 0. The normalized spacial score (nSPS) is 19.1. The summed E-state index contributed by atoms with van der Waals surface area (Å²) in [6.07, 6.45) is -4.60. The number of carbonyl (C=O) groups excluding carboxylic acids is 1. The molecule has 1 unspecified atom stereocenters. The number of hydrogen-bond acceptors (Lipinski definition) is 2. The Morgan fingerprint density at radius 2 is 2.05 bits per heavy atom. The van der Waals surface area contributed by atoms with Gasteiger partial charge in [-0.15, -0.1) is 12.4 Å². The summed E-state index contributed by atoms with van der Waals surface area (Å²) in [5.41, 5.74) is -1.56. The fourth-order valence-electron chi connectivity index (χ4n) is 2.15. The van der Waals surface area contributed by atoms with Crippen LogP contribution in [0.4, 0.5) is 17.6 Å². The summed E-state index contributed by atoms with van der Waals surface area (Å²) in [6.45, 7) is 3.07. The quantitative estimate of drug-likeness (QED) is 0.805. The second-order valence-electron chi connectivity index (χ2n) is 4.80. The lowest BCUT2D eigenvalue weighted by atomic mass is 10.1. The van der Waals surface area contributed by atoms with Gasteiger partial charge in [0.25, 0.3) is 5.91 Å². The first-order valence-corrected chi connectivity index (χ1v) is 6.18. The monoisotopic (exact) mass is 326 g/mol. The van der Waals surface area contributed by atoms with E-state index in [0.717, 1.165) is 0 Å². The second-order valence-corrected chi connectivity index (χ2v) is 4.80. The Kier molecular flexibility index (Phi) is 5.58. The van der Waals surface area contributed by atoms with Crippen molar-refractivity contribution < 1.29 is 22.4 Å². The second kappa shape index (κ2) is 6.62. The lowest BCUT2D eigenvalue weighted by Gasteiger charge is -2.32. The van der Waals surface area contributed by atoms with Crippen molar-refractivity contribution in [2.24, 2.45) is 0 Å². The summed E-state index contributed by atoms with van der Waals surface area (Å²) in [5, 5.41) is 3.10. The van der Waals surface area contributed by atoms with E-state index in [1.807, 2.05) is 6.92 Å². The van der Waals surface area contributed by atoms with E-state index in [1.165, 1.54) is 4.90 Å². The number of benzene rings is 1. The molecular weight excluding hydrogens is 312 g/mol. The van der Waals surface area contributed by atoms with Crippen LogP contribution in [-0.2, 0) is 6.18 Å². The summed E-state index contributed by atoms with van der Waals surface area (Å²) < 4.78 is 51.5. The molecule has 1 N–H and O–H groups in total. The standard InChI is InChI=1S/C13H14F4N2O.ClH/c1-8-7-19(5-4-18-8)12(20)10-6-9(13(15,16)17)2-3-11(10)14;/h2-3,6,8,18H,4-5,7H2,1H3;1H. The fraction of sp³-hybridized carbons (Fsp3) is 0.462. The first-order valence-electron chi connectivity index (χ1n) is 6.18. The molecule has 0 saturated carbocycles. The molecule has 3 nitrogen and oxygen atoms in total. The van der Waals surface area contributed by atoms with Crippen molar-refractivity contribution in [2.75, 3.05) is 19.6 Å². The van der Waals surface area contributed by atoms with Gasteiger partial charge in [-0.1, -0.05) is 0 Å². The number of nitrogens with one attached hydrogen (secondary N) is 1. The van der Waals surface area contributed by atoms with Crippen LogP contribution < -0.4 is 5.32 Å². The molecule has 0 aliphatic carbocycles. The Morgan fingerprint density at radius 3 is 2.62 bits per heavy atom. The summed E-state index contributed by atoms with van der Waals surface area (Å²) in [7, 11) is 0. The van der Waals surface area contributed by atoms with Crippen LogP contribution in [0.3, 0.4) is 0 Å². The first kappa shape index (κ1) is 17.7. The van der Waals surface area contributed by atoms with Gasteiger partial charge in [-0.2, -0.15) is 13.2 Å². The van der Waals surface area contributed by atoms with Crippen molar-refractivity contribution in [3.8, 4) is 0 Å². The van der Waals surface area contributed by atoms with Crippen LogP contribution in [0.25, 0.3) is 0 Å². The minimum Gasteiger partial charge on any atom is -0.336 e. The summed E-state index contributed by atoms with van der Waals surface area (Å²) in [4.78, 5) is 13.5. The van der Waals surface area contributed by atoms with E-state index in [2.05, 4.69) is 5.32 Å². The van der Waals surface area contributed by atoms with Gasteiger partial charge in [0.2, 0.25) is 0 Å². The fourth-order valence-corrected chi connectivity index (χ4v) is 2.15. The Balaban J connectivity index is 0.00000220. The number of nitrogens with zero attached hydrogens (tertiary/aromatic N) is 1. The average molecular weight is 327 g/mol. The zero-order valence-electron chi connectivity index (χ0n) is 11.2. The summed E-state index contributed by atoms with van der Waals surface area (Å²) in [6, 6.07) is 1.92. The minimum absolute atomic E-state index is 0. The lowest BCUT2D eigenvalue weighted by Crippen LogP contribution is -2.51. The third-order valence-electron chi connectivity index (χ3n) is 3.18. The van der Waals surface area contributed by atoms with Gasteiger partial charge in [0.05, 0.1) is 11.1 Å². The average Bonchev–Trinajstić information content (AvgIpc) is 2.37. The Bertz CT molecular complexity index is 521. The molecule has 1 amide bonds. The molecule has 1 atom stereocenters. The van der Waals surface area contributed by atoms with Crippen LogP contribution in [0.15, 0.2) is 18.2 Å². The van der Waals surface area contributed by atoms with Crippen molar-refractivity contribution in [1.82, 2.24) is 10.2 Å². The molecule has 0 spiro atoms. The highest BCUT2D eigenvalue weighted by Gasteiger charge is 2.33. The number of piperazine rings is 1. The largest absolute Gasteiger partial charge is 0.416 e. The molecular formula is C13H15ClF4N2O. The van der Waals surface area contributed by atoms with E-state index in [4.69, 9.17) is 0 Å². The molecule has 2 rings (SSSR count). The molecule has 0 aromatic heterocycles. The third kappa shape index (κ3) is 4.07. The minimum atomic E-state index is -4.60. The lowest BCUT2D eigenvalue weighted by molar-refractivity contribution is -0.137. The number of hydrogen-bond donors (Lipinski definition) is 1. The Labute approximate surface area is 125 Å². The third-order valence-corrected chi connectivity index (χ3v) is 3.18. The number of amides is 1. The van der Waals surface area contributed by atoms with Crippen molar-refractivity contribution in [3.05, 3.63) is 35.1 Å². The Hall–Kier alpha value is -1.34. The van der Waals surface area contributed by atoms with Gasteiger partial charge in [-0.3, -0.25) is 4.79 Å². The van der Waals surface area contributed by atoms with Crippen molar-refractivity contribution in [1.29, 1.82) is 0 Å². The van der Waals surface area contributed by atoms with Gasteiger partial charge >= 0.3 is 6.18 Å². The molecule has 1 aromatic rings. The zero-order valence-corrected chi connectivity index (χ0v) is 12.0. The van der Waals surface area contributed by atoms with Crippen LogP contribution in [0.5, 0.6) is 0 Å². The molecule has 1 aliphatic heterocycles. The molecule has 1 aliphatic rings. The van der Waals surface area contributed by atoms with Crippen LogP contribution in [0, 0.1) is 5.82 Å². The van der Waals surface area contributed by atoms with Crippen molar-refractivity contribution in [2.45, 2.75) is 19.1 Å². The molecule has 1 saturated heterocycles. The highest BCUT2D eigenvalue weighted by molar-refractivity contribution is 5.94. The predicted molar refractivity (Wildman–Crippen MR) is 72.0 cm³/mol. The van der Waals surface area contributed by atoms with E-state index in [0.29, 0.717) is 37.8 Å². The van der Waals surface area contributed by atoms with Gasteiger partial charge in [0, 0.05) is 25.7 Å². The van der Waals surface area contributed by atoms with Gasteiger partial charge < -0.3 is 10.2 Å². The van der Waals surface area contributed by atoms with Crippen LogP contribution in [0.1, 0.15) is 22.8 Å². The smallest absolute Gasteiger partial charge is 0.336 e. The maximum atomic E-state index is 13.6. The van der Waals surface area contributed by atoms with E-state index >= 15 is 0 Å². The topological polar surface area (TPSA) is 32.3 Å². The van der Waals surface area contributed by atoms with E-state index in [9.17, 15) is 22.4 Å². The molecule has 118 valence electrons. The zero-order chi connectivity index (χ0) is 14.9. The van der Waals surface area contributed by atoms with E-state index in [-0.39, 0.29) is 18.4 Å². The van der Waals surface area contributed by atoms with Crippen molar-refractivity contribution in [3.63, 3.8) is 0 Å². The van der Waals surface area contributed by atoms with Crippen LogP contribution >= 0.6 is 12.4 Å². The first-order chi connectivity index (χ1) is 9.29. The van der Waals surface area contributed by atoms with Crippen LogP contribution in [0.2, 0.25) is 0 Å². The molecule has 0 bridgehead atoms. The van der Waals surface area contributed by atoms with Crippen molar-refractivity contribution >= 4 is 18.3 Å². The highest BCUT2D eigenvalue weighted by Crippen LogP contribution is 2.30. The van der Waals surface area contributed by atoms with Gasteiger partial charge in [-0.05, 0) is 25.1 Å². The maximum absolute atomic E-state index is 13.6. The van der Waals surface area contributed by atoms with E-state index < -0.39 is 29.0 Å². The molecule has 0 radical (unpaired) electrons. The highest BCUT2D eigenvalue weighted by atomic mass is 35.5. The SMILES string of the molecule is CC1CN(C(=O)c2cc(C(F)(F)F)ccc2F)CCN1.Cl. The number of alkyl halides is 3. The predicted octanol–water partition coefficient (Wildman–Crippen LogP) is 2.70. The number of carbonyl (C=O) groups is 1. The Morgan fingerprint density at radius 1 is 1.38 bits per heavy atom. The molecule has 1 aromatic carbocycles.